The summed E-state index contributed by atoms with van der Waals surface area (Å²) in [6, 6.07) is 17.0. The molecule has 3 rings (SSSR count). The second kappa shape index (κ2) is 9.19. The molecule has 2 N–H and O–H groups in total. The number of nitrogens with one attached hydrogen (secondary N) is 1. The van der Waals surface area contributed by atoms with E-state index in [0.29, 0.717) is 26.1 Å². The summed E-state index contributed by atoms with van der Waals surface area (Å²) in [5.41, 5.74) is 2.04. The number of amides is 1. The summed E-state index contributed by atoms with van der Waals surface area (Å²) in [6.45, 7) is 1.69. The van der Waals surface area contributed by atoms with Gasteiger partial charge in [0.05, 0.1) is 6.54 Å². The number of carboxylic acids is 1. The van der Waals surface area contributed by atoms with Gasteiger partial charge in [-0.3, -0.25) is 14.5 Å². The first-order valence-electron chi connectivity index (χ1n) is 9.11. The summed E-state index contributed by atoms with van der Waals surface area (Å²) in [5, 5.41) is 12.0. The molecule has 1 amide bonds. The molecule has 1 aliphatic rings. The molecule has 2 aromatic rings. The first-order chi connectivity index (χ1) is 13.1. The van der Waals surface area contributed by atoms with Crippen molar-refractivity contribution in [1.29, 1.82) is 0 Å². The van der Waals surface area contributed by atoms with E-state index in [0.717, 1.165) is 23.3 Å². The zero-order valence-corrected chi connectivity index (χ0v) is 15.1. The van der Waals surface area contributed by atoms with Crippen molar-refractivity contribution in [3.8, 4) is 5.75 Å². The van der Waals surface area contributed by atoms with E-state index in [2.05, 4.69) is 5.32 Å². The minimum absolute atomic E-state index is 0.125. The molecule has 142 valence electrons. The lowest BCUT2D eigenvalue weighted by molar-refractivity contribution is -0.142. The largest absolute Gasteiger partial charge is 0.489 e. The van der Waals surface area contributed by atoms with Crippen molar-refractivity contribution in [2.45, 2.75) is 32.0 Å². The maximum atomic E-state index is 12.1. The number of carbonyl (C=O) groups is 2. The molecule has 0 spiro atoms. The number of aliphatic carboxylic acids is 1. The SMILES string of the molecule is O=C(CN1CCC[C@@H]1C(=O)O)NCc1ccc(COc2ccccc2)cc1. The Morgan fingerprint density at radius 1 is 1.07 bits per heavy atom. The monoisotopic (exact) mass is 368 g/mol. The molecule has 0 aliphatic carbocycles. The fourth-order valence-corrected chi connectivity index (χ4v) is 3.17. The highest BCUT2D eigenvalue weighted by Gasteiger charge is 2.31. The fraction of sp³-hybridized carbons (Fsp3) is 0.333. The van der Waals surface area contributed by atoms with Crippen LogP contribution in [-0.2, 0) is 22.7 Å². The molecule has 6 nitrogen and oxygen atoms in total. The highest BCUT2D eigenvalue weighted by Crippen LogP contribution is 2.16. The molecule has 0 unspecified atom stereocenters. The molecule has 6 heteroatoms. The van der Waals surface area contributed by atoms with E-state index in [1.807, 2.05) is 54.6 Å². The smallest absolute Gasteiger partial charge is 0.320 e. The Bertz CT molecular complexity index is 762. The first-order valence-corrected chi connectivity index (χ1v) is 9.11. The van der Waals surface area contributed by atoms with Crippen molar-refractivity contribution >= 4 is 11.9 Å². The summed E-state index contributed by atoms with van der Waals surface area (Å²) in [5.74, 6) is -0.177. The Kier molecular flexibility index (Phi) is 6.44. The Hall–Kier alpha value is -2.86. The van der Waals surface area contributed by atoms with Crippen LogP contribution in [0, 0.1) is 0 Å². The first kappa shape index (κ1) is 18.9. The van der Waals surface area contributed by atoms with Gasteiger partial charge in [-0.05, 0) is 42.6 Å². The number of nitrogens with zero attached hydrogens (tertiary/aromatic N) is 1. The number of para-hydroxylation sites is 1. The molecule has 0 aromatic heterocycles. The quantitative estimate of drug-likeness (QED) is 0.748. The number of hydrogen-bond donors (Lipinski definition) is 2. The van der Waals surface area contributed by atoms with Crippen molar-refractivity contribution in [1.82, 2.24) is 10.2 Å². The van der Waals surface area contributed by atoms with Gasteiger partial charge in [0.25, 0.3) is 0 Å². The van der Waals surface area contributed by atoms with E-state index < -0.39 is 12.0 Å². The van der Waals surface area contributed by atoms with Gasteiger partial charge < -0.3 is 15.2 Å². The van der Waals surface area contributed by atoms with Crippen molar-refractivity contribution in [2.75, 3.05) is 13.1 Å². The molecule has 2 aromatic carbocycles. The topological polar surface area (TPSA) is 78.9 Å². The lowest BCUT2D eigenvalue weighted by Gasteiger charge is -2.20. The van der Waals surface area contributed by atoms with Crippen LogP contribution in [0.25, 0.3) is 0 Å². The fourth-order valence-electron chi connectivity index (χ4n) is 3.17. The molecule has 1 aliphatic heterocycles. The van der Waals surface area contributed by atoms with Gasteiger partial charge in [-0.2, -0.15) is 0 Å². The summed E-state index contributed by atoms with van der Waals surface area (Å²) < 4.78 is 5.71. The molecular formula is C21H24N2O4. The number of carboxylic acid groups (broad SMARTS) is 1. The lowest BCUT2D eigenvalue weighted by atomic mass is 10.1. The van der Waals surface area contributed by atoms with Crippen LogP contribution >= 0.6 is 0 Å². The Morgan fingerprint density at radius 2 is 1.78 bits per heavy atom. The molecule has 0 saturated carbocycles. The average molecular weight is 368 g/mol. The third kappa shape index (κ3) is 5.56. The van der Waals surface area contributed by atoms with E-state index in [1.165, 1.54) is 0 Å². The number of likely N-dealkylation sites (tertiary alicyclic amines) is 1. The predicted molar refractivity (Wildman–Crippen MR) is 101 cm³/mol. The van der Waals surface area contributed by atoms with E-state index >= 15 is 0 Å². The third-order valence-electron chi connectivity index (χ3n) is 4.66. The summed E-state index contributed by atoms with van der Waals surface area (Å²) in [7, 11) is 0. The van der Waals surface area contributed by atoms with Crippen molar-refractivity contribution in [3.63, 3.8) is 0 Å². The number of hydrogen-bond acceptors (Lipinski definition) is 4. The van der Waals surface area contributed by atoms with E-state index in [4.69, 9.17) is 9.84 Å². The zero-order chi connectivity index (χ0) is 19.1. The lowest BCUT2D eigenvalue weighted by Crippen LogP contribution is -2.42. The standard InChI is InChI=1S/C21H24N2O4/c24-20(14-23-12-4-7-19(23)21(25)26)22-13-16-8-10-17(11-9-16)15-27-18-5-2-1-3-6-18/h1-3,5-6,8-11,19H,4,7,12-15H2,(H,22,24)(H,25,26)/t19-/m1/s1. The van der Waals surface area contributed by atoms with Crippen LogP contribution < -0.4 is 10.1 Å². The maximum absolute atomic E-state index is 12.1. The van der Waals surface area contributed by atoms with Crippen LogP contribution in [0.5, 0.6) is 5.75 Å². The highest BCUT2D eigenvalue weighted by atomic mass is 16.5. The molecular weight excluding hydrogens is 344 g/mol. The minimum Gasteiger partial charge on any atom is -0.489 e. The molecule has 1 fully saturated rings. The van der Waals surface area contributed by atoms with Crippen molar-refractivity contribution < 1.29 is 19.4 Å². The van der Waals surface area contributed by atoms with Crippen LogP contribution in [0.15, 0.2) is 54.6 Å². The second-order valence-electron chi connectivity index (χ2n) is 6.66. The van der Waals surface area contributed by atoms with Crippen molar-refractivity contribution in [3.05, 3.63) is 65.7 Å². The summed E-state index contributed by atoms with van der Waals surface area (Å²) in [4.78, 5) is 25.0. The van der Waals surface area contributed by atoms with Crippen LogP contribution in [0.4, 0.5) is 0 Å². The Labute approximate surface area is 158 Å². The van der Waals surface area contributed by atoms with Gasteiger partial charge in [0, 0.05) is 6.54 Å². The van der Waals surface area contributed by atoms with E-state index in [9.17, 15) is 9.59 Å². The average Bonchev–Trinajstić information content (AvgIpc) is 3.15. The van der Waals surface area contributed by atoms with Gasteiger partial charge in [0.15, 0.2) is 0 Å². The molecule has 1 heterocycles. The van der Waals surface area contributed by atoms with Crippen LogP contribution in [-0.4, -0.2) is 41.0 Å². The Morgan fingerprint density at radius 3 is 2.48 bits per heavy atom. The normalized spacial score (nSPS) is 16.8. The molecule has 1 saturated heterocycles. The highest BCUT2D eigenvalue weighted by molar-refractivity contribution is 5.80. The Balaban J connectivity index is 1.43. The molecule has 27 heavy (non-hydrogen) atoms. The van der Waals surface area contributed by atoms with Gasteiger partial charge in [-0.25, -0.2) is 0 Å². The summed E-state index contributed by atoms with van der Waals surface area (Å²) >= 11 is 0. The second-order valence-corrected chi connectivity index (χ2v) is 6.66. The van der Waals surface area contributed by atoms with Crippen molar-refractivity contribution in [2.24, 2.45) is 0 Å². The van der Waals surface area contributed by atoms with E-state index in [-0.39, 0.29) is 12.5 Å². The van der Waals surface area contributed by atoms with Crippen LogP contribution in [0.3, 0.4) is 0 Å². The molecule has 0 radical (unpaired) electrons. The maximum Gasteiger partial charge on any atom is 0.320 e. The van der Waals surface area contributed by atoms with Gasteiger partial charge in [0.2, 0.25) is 5.91 Å². The van der Waals surface area contributed by atoms with Gasteiger partial charge in [-0.1, -0.05) is 42.5 Å². The van der Waals surface area contributed by atoms with Gasteiger partial charge >= 0.3 is 5.97 Å². The van der Waals surface area contributed by atoms with Crippen LogP contribution in [0.1, 0.15) is 24.0 Å². The third-order valence-corrected chi connectivity index (χ3v) is 4.66. The zero-order valence-electron chi connectivity index (χ0n) is 15.1. The minimum atomic E-state index is -0.853. The molecule has 1 atom stereocenters. The molecule has 0 bridgehead atoms. The number of rotatable bonds is 8. The summed E-state index contributed by atoms with van der Waals surface area (Å²) in [6.07, 6.45) is 1.42. The number of carbonyl (C=O) groups excluding carboxylic acids is 1. The number of ether oxygens (including phenoxy) is 1. The van der Waals surface area contributed by atoms with Gasteiger partial charge in [-0.15, -0.1) is 0 Å². The van der Waals surface area contributed by atoms with Gasteiger partial charge in [0.1, 0.15) is 18.4 Å². The van der Waals surface area contributed by atoms with E-state index in [1.54, 1.807) is 4.90 Å². The van der Waals surface area contributed by atoms with Crippen LogP contribution in [0.2, 0.25) is 0 Å². The predicted octanol–water partition coefficient (Wildman–Crippen LogP) is 2.43. The number of benzene rings is 2.